The summed E-state index contributed by atoms with van der Waals surface area (Å²) in [6.45, 7) is 0.179. The fourth-order valence-electron chi connectivity index (χ4n) is 3.39. The van der Waals surface area contributed by atoms with Gasteiger partial charge in [-0.15, -0.1) is 11.3 Å². The Balaban J connectivity index is 1.54. The van der Waals surface area contributed by atoms with Crippen molar-refractivity contribution in [2.45, 2.75) is 6.54 Å². The van der Waals surface area contributed by atoms with Gasteiger partial charge in [-0.1, -0.05) is 18.2 Å². The van der Waals surface area contributed by atoms with Crippen LogP contribution in [0.25, 0.3) is 27.0 Å². The van der Waals surface area contributed by atoms with Gasteiger partial charge < -0.3 is 4.74 Å². The van der Waals surface area contributed by atoms with E-state index in [2.05, 4.69) is 9.97 Å². The van der Waals surface area contributed by atoms with E-state index in [1.54, 1.807) is 25.4 Å². The summed E-state index contributed by atoms with van der Waals surface area (Å²) in [6.07, 6.45) is 3.18. The van der Waals surface area contributed by atoms with Crippen LogP contribution in [0.5, 0.6) is 5.75 Å². The molecule has 0 aliphatic rings. The first-order valence-corrected chi connectivity index (χ1v) is 10.1. The van der Waals surface area contributed by atoms with Crippen molar-refractivity contribution in [1.29, 1.82) is 0 Å². The Morgan fingerprint density at radius 2 is 1.93 bits per heavy atom. The number of fused-ring (bicyclic) bond motifs is 2. The summed E-state index contributed by atoms with van der Waals surface area (Å²) in [6, 6.07) is 14.4. The van der Waals surface area contributed by atoms with Crippen molar-refractivity contribution in [3.63, 3.8) is 0 Å². The van der Waals surface area contributed by atoms with Crippen LogP contribution in [-0.2, 0) is 6.54 Å². The second-order valence-corrected chi connectivity index (χ2v) is 7.63. The van der Waals surface area contributed by atoms with Crippen molar-refractivity contribution in [1.82, 2.24) is 18.9 Å². The molecule has 0 radical (unpaired) electrons. The molecule has 30 heavy (non-hydrogen) atoms. The molecule has 0 fully saturated rings. The van der Waals surface area contributed by atoms with E-state index in [0.717, 1.165) is 16.9 Å². The summed E-state index contributed by atoms with van der Waals surface area (Å²) in [4.78, 5) is 34.4. The maximum absolute atomic E-state index is 13.0. The van der Waals surface area contributed by atoms with E-state index < -0.39 is 0 Å². The van der Waals surface area contributed by atoms with Crippen LogP contribution in [0, 0.1) is 0 Å². The Morgan fingerprint density at radius 3 is 2.73 bits per heavy atom. The van der Waals surface area contributed by atoms with Gasteiger partial charge in [0.2, 0.25) is 0 Å². The highest BCUT2D eigenvalue weighted by Gasteiger charge is 2.13. The number of hydrogen-bond acceptors (Lipinski definition) is 6. The zero-order valence-corrected chi connectivity index (χ0v) is 16.8. The highest BCUT2D eigenvalue weighted by molar-refractivity contribution is 7.17. The second kappa shape index (κ2) is 7.23. The van der Waals surface area contributed by atoms with Gasteiger partial charge in [0.15, 0.2) is 0 Å². The molecule has 4 heterocycles. The lowest BCUT2D eigenvalue weighted by atomic mass is 10.1. The SMILES string of the molecule is COc1ccc(-c2csc3c(=O)n(Cc4cc(=O)n5ccccc5n4)cnc23)cc1. The quantitative estimate of drug-likeness (QED) is 0.450. The van der Waals surface area contributed by atoms with Gasteiger partial charge in [-0.25, -0.2) is 9.97 Å². The largest absolute Gasteiger partial charge is 0.497 e. The summed E-state index contributed by atoms with van der Waals surface area (Å²) in [7, 11) is 1.62. The van der Waals surface area contributed by atoms with Gasteiger partial charge in [0.1, 0.15) is 16.1 Å². The van der Waals surface area contributed by atoms with Crippen LogP contribution in [0.3, 0.4) is 0 Å². The first kappa shape index (κ1) is 18.3. The molecule has 0 spiro atoms. The van der Waals surface area contributed by atoms with Gasteiger partial charge in [0.25, 0.3) is 11.1 Å². The van der Waals surface area contributed by atoms with E-state index in [1.165, 1.54) is 32.7 Å². The number of aromatic nitrogens is 4. The van der Waals surface area contributed by atoms with Gasteiger partial charge in [0, 0.05) is 23.2 Å². The predicted octanol–water partition coefficient (Wildman–Crippen LogP) is 3.19. The number of benzene rings is 1. The molecule has 5 aromatic rings. The van der Waals surface area contributed by atoms with E-state index in [1.807, 2.05) is 35.7 Å². The van der Waals surface area contributed by atoms with Crippen molar-refractivity contribution >= 4 is 27.2 Å². The minimum absolute atomic E-state index is 0.153. The predicted molar refractivity (Wildman–Crippen MR) is 116 cm³/mol. The molecule has 1 aromatic carbocycles. The second-order valence-electron chi connectivity index (χ2n) is 6.75. The number of nitrogens with zero attached hydrogens (tertiary/aromatic N) is 4. The Bertz CT molecular complexity index is 1500. The van der Waals surface area contributed by atoms with Crippen LogP contribution in [-0.4, -0.2) is 26.0 Å². The molecule has 5 rings (SSSR count). The molecule has 0 saturated heterocycles. The van der Waals surface area contributed by atoms with E-state index in [0.29, 0.717) is 21.6 Å². The zero-order valence-electron chi connectivity index (χ0n) is 16.0. The molecule has 0 atom stereocenters. The van der Waals surface area contributed by atoms with Gasteiger partial charge in [-0.3, -0.25) is 18.6 Å². The molecule has 0 saturated carbocycles. The molecule has 0 unspecified atom stereocenters. The van der Waals surface area contributed by atoms with Crippen molar-refractivity contribution in [2.75, 3.05) is 7.11 Å². The molecule has 0 amide bonds. The van der Waals surface area contributed by atoms with E-state index in [9.17, 15) is 9.59 Å². The van der Waals surface area contributed by atoms with Crippen LogP contribution in [0.15, 0.2) is 76.0 Å². The first-order valence-electron chi connectivity index (χ1n) is 9.22. The minimum Gasteiger partial charge on any atom is -0.497 e. The summed E-state index contributed by atoms with van der Waals surface area (Å²) >= 11 is 1.36. The molecular weight excluding hydrogens is 400 g/mol. The van der Waals surface area contributed by atoms with Gasteiger partial charge in [-0.05, 0) is 29.8 Å². The summed E-state index contributed by atoms with van der Waals surface area (Å²) in [5, 5.41) is 1.94. The number of rotatable bonds is 4. The fraction of sp³-hybridized carbons (Fsp3) is 0.0909. The third-order valence-electron chi connectivity index (χ3n) is 4.90. The van der Waals surface area contributed by atoms with Crippen molar-refractivity contribution < 1.29 is 4.74 Å². The summed E-state index contributed by atoms with van der Waals surface area (Å²) in [5.74, 6) is 0.771. The Morgan fingerprint density at radius 1 is 1.10 bits per heavy atom. The van der Waals surface area contributed by atoms with Gasteiger partial charge in [0.05, 0.1) is 31.2 Å². The van der Waals surface area contributed by atoms with Crippen LogP contribution in [0.2, 0.25) is 0 Å². The van der Waals surface area contributed by atoms with Crippen LogP contribution < -0.4 is 15.9 Å². The Kier molecular flexibility index (Phi) is 4.40. The highest BCUT2D eigenvalue weighted by atomic mass is 32.1. The lowest BCUT2D eigenvalue weighted by Gasteiger charge is -2.07. The molecule has 0 aliphatic carbocycles. The van der Waals surface area contributed by atoms with Crippen molar-refractivity contribution in [2.24, 2.45) is 0 Å². The van der Waals surface area contributed by atoms with Crippen molar-refractivity contribution in [3.8, 4) is 16.9 Å². The number of pyridine rings is 1. The zero-order chi connectivity index (χ0) is 20.7. The molecular formula is C22H16N4O3S. The minimum atomic E-state index is -0.185. The van der Waals surface area contributed by atoms with Crippen LogP contribution in [0.4, 0.5) is 0 Å². The molecule has 8 heteroatoms. The molecule has 0 N–H and O–H groups in total. The monoisotopic (exact) mass is 416 g/mol. The lowest BCUT2D eigenvalue weighted by molar-refractivity contribution is 0.415. The topological polar surface area (TPSA) is 78.5 Å². The lowest BCUT2D eigenvalue weighted by Crippen LogP contribution is -2.23. The molecule has 0 bridgehead atoms. The third-order valence-corrected chi connectivity index (χ3v) is 5.86. The van der Waals surface area contributed by atoms with E-state index in [4.69, 9.17) is 4.74 Å². The molecule has 4 aromatic heterocycles. The van der Waals surface area contributed by atoms with Gasteiger partial charge >= 0.3 is 0 Å². The molecule has 0 aliphatic heterocycles. The first-order chi connectivity index (χ1) is 14.6. The summed E-state index contributed by atoms with van der Waals surface area (Å²) in [5.41, 5.74) is 3.26. The highest BCUT2D eigenvalue weighted by Crippen LogP contribution is 2.31. The molecule has 7 nitrogen and oxygen atoms in total. The average molecular weight is 416 g/mol. The Labute approximate surface area is 174 Å². The normalized spacial score (nSPS) is 11.2. The van der Waals surface area contributed by atoms with E-state index >= 15 is 0 Å². The number of ether oxygens (including phenoxy) is 1. The Hall–Kier alpha value is -3.78. The average Bonchev–Trinajstić information content (AvgIpc) is 3.21. The standard InChI is InChI=1S/C22H16N4O3S/c1-29-16-7-5-14(6-8-16)17-12-30-21-20(17)23-13-25(22(21)28)11-15-10-19(27)26-9-3-2-4-18(26)24-15/h2-10,12-13H,11H2,1H3. The van der Waals surface area contributed by atoms with Gasteiger partial charge in [-0.2, -0.15) is 0 Å². The smallest absolute Gasteiger partial charge is 0.271 e. The number of thiophene rings is 1. The maximum atomic E-state index is 13.0. The van der Waals surface area contributed by atoms with Crippen molar-refractivity contribution in [3.05, 3.63) is 92.8 Å². The third kappa shape index (κ3) is 3.07. The maximum Gasteiger partial charge on any atom is 0.271 e. The van der Waals surface area contributed by atoms with Crippen LogP contribution in [0.1, 0.15) is 5.69 Å². The molecule has 148 valence electrons. The fourth-order valence-corrected chi connectivity index (χ4v) is 4.36. The van der Waals surface area contributed by atoms with E-state index in [-0.39, 0.29) is 17.7 Å². The van der Waals surface area contributed by atoms with Crippen LogP contribution >= 0.6 is 11.3 Å². The summed E-state index contributed by atoms with van der Waals surface area (Å²) < 4.78 is 8.73. The number of methoxy groups -OCH3 is 1. The number of hydrogen-bond donors (Lipinski definition) is 0.